The molecule has 1 aliphatic heterocycles. The predicted molar refractivity (Wildman–Crippen MR) is 60.5 cm³/mol. The predicted octanol–water partition coefficient (Wildman–Crippen LogP) is 1.38. The maximum atomic E-state index is 11.3. The first-order valence-electron chi connectivity index (χ1n) is 5.00. The number of imide groups is 1. The van der Waals surface area contributed by atoms with Crippen molar-refractivity contribution >= 4 is 18.0 Å². The number of urea groups is 1. The van der Waals surface area contributed by atoms with Crippen LogP contribution in [0.2, 0.25) is 0 Å². The van der Waals surface area contributed by atoms with Crippen LogP contribution in [0.25, 0.3) is 6.08 Å². The summed E-state index contributed by atoms with van der Waals surface area (Å²) in [5.74, 6) is -0.183. The highest BCUT2D eigenvalue weighted by molar-refractivity contribution is 6.01. The molecule has 4 nitrogen and oxygen atoms in total. The van der Waals surface area contributed by atoms with E-state index in [0.29, 0.717) is 6.54 Å². The third-order valence-electron chi connectivity index (χ3n) is 2.49. The number of hydrogen-bond acceptors (Lipinski definition) is 2. The topological polar surface area (TPSA) is 49.4 Å². The molecule has 0 atom stereocenters. The maximum absolute atomic E-state index is 11.3. The molecule has 3 amide bonds. The first kappa shape index (κ1) is 10.4. The average Bonchev–Trinajstić information content (AvgIpc) is 2.62. The van der Waals surface area contributed by atoms with Crippen LogP contribution in [0.15, 0.2) is 30.8 Å². The van der Waals surface area contributed by atoms with Crippen molar-refractivity contribution in [2.24, 2.45) is 0 Å². The number of carbonyl (C=O) groups is 2. The molecule has 1 N–H and O–H groups in total. The number of carbonyl (C=O) groups excluding carboxylic acids is 2. The van der Waals surface area contributed by atoms with Crippen LogP contribution in [-0.2, 0) is 11.3 Å². The zero-order valence-electron chi connectivity index (χ0n) is 8.77. The van der Waals surface area contributed by atoms with Crippen molar-refractivity contribution in [1.82, 2.24) is 10.2 Å². The Morgan fingerprint density at radius 1 is 1.31 bits per heavy atom. The van der Waals surface area contributed by atoms with Gasteiger partial charge < -0.3 is 5.32 Å². The van der Waals surface area contributed by atoms with Crippen LogP contribution in [-0.4, -0.2) is 23.4 Å². The molecule has 1 aromatic rings. The molecular formula is C12H12N2O2. The smallest absolute Gasteiger partial charge is 0.324 e. The lowest BCUT2D eigenvalue weighted by Gasteiger charge is -2.12. The number of amides is 3. The van der Waals surface area contributed by atoms with Gasteiger partial charge in [-0.2, -0.15) is 0 Å². The normalized spacial score (nSPS) is 15.1. The number of nitrogens with one attached hydrogen (secondary N) is 1. The Hall–Kier alpha value is -2.10. The third kappa shape index (κ3) is 1.95. The fraction of sp³-hybridized carbons (Fsp3) is 0.167. The molecule has 0 spiro atoms. The highest BCUT2D eigenvalue weighted by atomic mass is 16.2. The van der Waals surface area contributed by atoms with Gasteiger partial charge in [0.1, 0.15) is 0 Å². The van der Waals surface area contributed by atoms with Crippen LogP contribution in [0, 0.1) is 0 Å². The van der Waals surface area contributed by atoms with Gasteiger partial charge in [0.2, 0.25) is 5.91 Å². The zero-order chi connectivity index (χ0) is 11.5. The summed E-state index contributed by atoms with van der Waals surface area (Å²) in [6.45, 7) is 4.08. The first-order valence-corrected chi connectivity index (χ1v) is 5.00. The second kappa shape index (κ2) is 4.18. The molecule has 0 aliphatic carbocycles. The molecule has 1 saturated heterocycles. The van der Waals surface area contributed by atoms with Crippen LogP contribution in [0.3, 0.4) is 0 Å². The molecule has 0 bridgehead atoms. The summed E-state index contributed by atoms with van der Waals surface area (Å²) >= 11 is 0. The minimum atomic E-state index is -0.321. The van der Waals surface area contributed by atoms with E-state index in [9.17, 15) is 9.59 Å². The summed E-state index contributed by atoms with van der Waals surface area (Å²) in [5, 5.41) is 2.48. The fourth-order valence-electron chi connectivity index (χ4n) is 1.56. The minimum absolute atomic E-state index is 0.101. The molecule has 0 radical (unpaired) electrons. The Balaban J connectivity index is 2.11. The molecule has 0 unspecified atom stereocenters. The van der Waals surface area contributed by atoms with Gasteiger partial charge in [-0.1, -0.05) is 36.9 Å². The lowest BCUT2D eigenvalue weighted by Crippen LogP contribution is -2.30. The second-order valence-electron chi connectivity index (χ2n) is 3.58. The van der Waals surface area contributed by atoms with Crippen LogP contribution in [0.5, 0.6) is 0 Å². The van der Waals surface area contributed by atoms with Gasteiger partial charge in [-0.15, -0.1) is 0 Å². The van der Waals surface area contributed by atoms with Gasteiger partial charge in [0.15, 0.2) is 0 Å². The molecule has 4 heteroatoms. The number of hydrogen-bond donors (Lipinski definition) is 1. The second-order valence-corrected chi connectivity index (χ2v) is 3.58. The Morgan fingerprint density at radius 3 is 2.50 bits per heavy atom. The van der Waals surface area contributed by atoms with Crippen molar-refractivity contribution in [2.75, 3.05) is 6.54 Å². The largest absolute Gasteiger partial charge is 0.329 e. The summed E-state index contributed by atoms with van der Waals surface area (Å²) in [6.07, 6.45) is 1.75. The molecule has 1 aliphatic rings. The lowest BCUT2D eigenvalue weighted by molar-refractivity contribution is -0.125. The van der Waals surface area contributed by atoms with E-state index < -0.39 is 0 Å². The fourth-order valence-corrected chi connectivity index (χ4v) is 1.56. The van der Waals surface area contributed by atoms with Crippen molar-refractivity contribution in [3.8, 4) is 0 Å². The quantitative estimate of drug-likeness (QED) is 0.776. The summed E-state index contributed by atoms with van der Waals surface area (Å²) in [6, 6.07) is 7.26. The van der Waals surface area contributed by atoms with E-state index in [0.717, 1.165) is 11.1 Å². The van der Waals surface area contributed by atoms with E-state index in [4.69, 9.17) is 0 Å². The monoisotopic (exact) mass is 216 g/mol. The molecule has 16 heavy (non-hydrogen) atoms. The van der Waals surface area contributed by atoms with Crippen molar-refractivity contribution in [1.29, 1.82) is 0 Å². The molecule has 0 saturated carbocycles. The van der Waals surface area contributed by atoms with Gasteiger partial charge in [-0.3, -0.25) is 9.69 Å². The van der Waals surface area contributed by atoms with E-state index in [-0.39, 0.29) is 18.5 Å². The average molecular weight is 216 g/mol. The zero-order valence-corrected chi connectivity index (χ0v) is 8.77. The molecular weight excluding hydrogens is 204 g/mol. The minimum Gasteiger partial charge on any atom is -0.329 e. The summed E-state index contributed by atoms with van der Waals surface area (Å²) in [5.41, 5.74) is 1.94. The van der Waals surface area contributed by atoms with Gasteiger partial charge in [-0.05, 0) is 11.1 Å². The Kier molecular flexibility index (Phi) is 2.72. The van der Waals surface area contributed by atoms with E-state index >= 15 is 0 Å². The molecule has 0 aromatic heterocycles. The molecule has 1 aromatic carbocycles. The van der Waals surface area contributed by atoms with Gasteiger partial charge in [0, 0.05) is 0 Å². The van der Waals surface area contributed by atoms with Crippen LogP contribution in [0.1, 0.15) is 11.1 Å². The standard InChI is InChI=1S/C12H12N2O2/c1-2-9-3-5-10(6-4-9)8-14-11(15)7-13-12(14)16/h2-6H,1,7-8H2,(H,13,16). The molecule has 1 heterocycles. The van der Waals surface area contributed by atoms with Crippen molar-refractivity contribution in [3.63, 3.8) is 0 Å². The van der Waals surface area contributed by atoms with Gasteiger partial charge >= 0.3 is 6.03 Å². The summed E-state index contributed by atoms with van der Waals surface area (Å²) in [4.78, 5) is 23.8. The van der Waals surface area contributed by atoms with Crippen LogP contribution >= 0.6 is 0 Å². The highest BCUT2D eigenvalue weighted by Gasteiger charge is 2.27. The summed E-state index contributed by atoms with van der Waals surface area (Å²) < 4.78 is 0. The van der Waals surface area contributed by atoms with Crippen LogP contribution in [0.4, 0.5) is 4.79 Å². The van der Waals surface area contributed by atoms with Gasteiger partial charge in [0.05, 0.1) is 13.1 Å². The molecule has 2 rings (SSSR count). The van der Waals surface area contributed by atoms with Crippen molar-refractivity contribution in [2.45, 2.75) is 6.54 Å². The Labute approximate surface area is 93.6 Å². The lowest BCUT2D eigenvalue weighted by atomic mass is 10.1. The third-order valence-corrected chi connectivity index (χ3v) is 2.49. The molecule has 1 fully saturated rings. The Bertz CT molecular complexity index is 421. The number of nitrogens with zero attached hydrogens (tertiary/aromatic N) is 1. The van der Waals surface area contributed by atoms with E-state index in [1.807, 2.05) is 24.3 Å². The first-order chi connectivity index (χ1) is 7.70. The SMILES string of the molecule is C=Cc1ccc(CN2C(=O)CNC2=O)cc1. The number of rotatable bonds is 3. The Morgan fingerprint density at radius 2 is 2.00 bits per heavy atom. The van der Waals surface area contributed by atoms with Crippen molar-refractivity contribution < 1.29 is 9.59 Å². The van der Waals surface area contributed by atoms with Gasteiger partial charge in [0.25, 0.3) is 0 Å². The van der Waals surface area contributed by atoms with E-state index in [2.05, 4.69) is 11.9 Å². The van der Waals surface area contributed by atoms with Crippen LogP contribution < -0.4 is 5.32 Å². The van der Waals surface area contributed by atoms with E-state index in [1.165, 1.54) is 4.90 Å². The number of benzene rings is 1. The highest BCUT2D eigenvalue weighted by Crippen LogP contribution is 2.10. The van der Waals surface area contributed by atoms with Crippen molar-refractivity contribution in [3.05, 3.63) is 42.0 Å². The summed E-state index contributed by atoms with van der Waals surface area (Å²) in [7, 11) is 0. The van der Waals surface area contributed by atoms with E-state index in [1.54, 1.807) is 6.08 Å². The molecule has 82 valence electrons. The maximum Gasteiger partial charge on any atom is 0.324 e. The van der Waals surface area contributed by atoms with Gasteiger partial charge in [-0.25, -0.2) is 4.79 Å².